The average Bonchev–Trinajstić information content (AvgIpc) is 2.62. The maximum Gasteiger partial charge on any atom is 0.170 e. The van der Waals surface area contributed by atoms with Crippen molar-refractivity contribution in [1.29, 1.82) is 0 Å². The van der Waals surface area contributed by atoms with E-state index in [2.05, 4.69) is 31.2 Å². The molecule has 2 aromatic carbocycles. The fourth-order valence-electron chi connectivity index (χ4n) is 3.72. The fraction of sp³-hybridized carbons (Fsp3) is 0.391. The summed E-state index contributed by atoms with van der Waals surface area (Å²) in [7, 11) is 0. The Morgan fingerprint density at radius 3 is 1.88 bits per heavy atom. The summed E-state index contributed by atoms with van der Waals surface area (Å²) in [5, 5.41) is 0. The van der Waals surface area contributed by atoms with Crippen LogP contribution in [0.2, 0.25) is 0 Å². The van der Waals surface area contributed by atoms with E-state index >= 15 is 0 Å². The monoisotopic (exact) mass is 334 g/mol. The van der Waals surface area contributed by atoms with Crippen molar-refractivity contribution in [2.75, 3.05) is 0 Å². The lowest BCUT2D eigenvalue weighted by Gasteiger charge is -2.26. The van der Waals surface area contributed by atoms with Crippen molar-refractivity contribution in [1.82, 2.24) is 0 Å². The number of hydrogen-bond donors (Lipinski definition) is 0. The molecule has 0 aromatic heterocycles. The van der Waals surface area contributed by atoms with Crippen molar-refractivity contribution in [3.05, 3.63) is 59.7 Å². The fourth-order valence-corrected chi connectivity index (χ4v) is 3.72. The SMILES string of the molecule is CC(=O)CC(=O)c1ccc(-c2ccc(C3CCC(C)CC3)cc2)cc1. The Morgan fingerprint density at radius 1 is 0.840 bits per heavy atom. The Balaban J connectivity index is 1.70. The standard InChI is InChI=1S/C23H26O2/c1-16-3-5-18(6-4-16)19-7-9-20(10-8-19)21-11-13-22(14-12-21)23(25)15-17(2)24/h7-14,16,18H,3-6,15H2,1-2H3. The summed E-state index contributed by atoms with van der Waals surface area (Å²) in [5.74, 6) is 1.37. The molecule has 0 saturated heterocycles. The van der Waals surface area contributed by atoms with E-state index in [0.717, 1.165) is 11.5 Å². The zero-order valence-electron chi connectivity index (χ0n) is 15.1. The maximum absolute atomic E-state index is 11.9. The highest BCUT2D eigenvalue weighted by molar-refractivity contribution is 6.07. The van der Waals surface area contributed by atoms with Crippen LogP contribution < -0.4 is 0 Å². The van der Waals surface area contributed by atoms with Crippen molar-refractivity contribution in [2.45, 2.75) is 51.9 Å². The van der Waals surface area contributed by atoms with E-state index < -0.39 is 0 Å². The van der Waals surface area contributed by atoms with Gasteiger partial charge in [0.05, 0.1) is 6.42 Å². The van der Waals surface area contributed by atoms with E-state index in [0.29, 0.717) is 11.5 Å². The molecule has 0 spiro atoms. The summed E-state index contributed by atoms with van der Waals surface area (Å²) in [6, 6.07) is 16.4. The van der Waals surface area contributed by atoms with Crippen molar-refractivity contribution < 1.29 is 9.59 Å². The van der Waals surface area contributed by atoms with Crippen LogP contribution in [-0.4, -0.2) is 11.6 Å². The molecule has 0 aliphatic heterocycles. The summed E-state index contributed by atoms with van der Waals surface area (Å²) in [6.45, 7) is 3.80. The summed E-state index contributed by atoms with van der Waals surface area (Å²) >= 11 is 0. The summed E-state index contributed by atoms with van der Waals surface area (Å²) in [5.41, 5.74) is 4.32. The predicted octanol–water partition coefficient (Wildman–Crippen LogP) is 5.81. The van der Waals surface area contributed by atoms with Crippen molar-refractivity contribution in [3.8, 4) is 11.1 Å². The van der Waals surface area contributed by atoms with Gasteiger partial charge in [0.15, 0.2) is 5.78 Å². The van der Waals surface area contributed by atoms with Gasteiger partial charge < -0.3 is 0 Å². The van der Waals surface area contributed by atoms with Gasteiger partial charge in [-0.25, -0.2) is 0 Å². The lowest BCUT2D eigenvalue weighted by atomic mass is 9.79. The van der Waals surface area contributed by atoms with Crippen LogP contribution >= 0.6 is 0 Å². The van der Waals surface area contributed by atoms with E-state index in [1.54, 1.807) is 0 Å². The normalized spacial score (nSPS) is 20.2. The zero-order chi connectivity index (χ0) is 17.8. The number of benzene rings is 2. The molecular formula is C23H26O2. The van der Waals surface area contributed by atoms with Gasteiger partial charge in [0.1, 0.15) is 5.78 Å². The quantitative estimate of drug-likeness (QED) is 0.511. The van der Waals surface area contributed by atoms with Crippen LogP contribution in [0.25, 0.3) is 11.1 Å². The first-order valence-corrected chi connectivity index (χ1v) is 9.26. The third-order valence-electron chi connectivity index (χ3n) is 5.35. The van der Waals surface area contributed by atoms with Gasteiger partial charge in [0, 0.05) is 5.56 Å². The van der Waals surface area contributed by atoms with Crippen molar-refractivity contribution in [3.63, 3.8) is 0 Å². The predicted molar refractivity (Wildman–Crippen MR) is 102 cm³/mol. The molecule has 2 heteroatoms. The molecule has 0 heterocycles. The molecule has 0 radical (unpaired) electrons. The number of carbonyl (C=O) groups excluding carboxylic acids is 2. The van der Waals surface area contributed by atoms with Crippen LogP contribution in [-0.2, 0) is 4.79 Å². The lowest BCUT2D eigenvalue weighted by molar-refractivity contribution is -0.116. The summed E-state index contributed by atoms with van der Waals surface area (Å²) in [6.07, 6.45) is 5.25. The van der Waals surface area contributed by atoms with Gasteiger partial charge in [0.25, 0.3) is 0 Å². The molecule has 3 rings (SSSR count). The van der Waals surface area contributed by atoms with Crippen LogP contribution in [0.1, 0.15) is 67.8 Å². The van der Waals surface area contributed by atoms with E-state index in [1.165, 1.54) is 43.7 Å². The summed E-state index contributed by atoms with van der Waals surface area (Å²) in [4.78, 5) is 23.0. The third kappa shape index (κ3) is 4.45. The number of ketones is 2. The number of carbonyl (C=O) groups is 2. The molecule has 1 saturated carbocycles. The minimum absolute atomic E-state index is 0.0198. The van der Waals surface area contributed by atoms with Crippen LogP contribution in [0, 0.1) is 5.92 Å². The average molecular weight is 334 g/mol. The molecule has 0 atom stereocenters. The maximum atomic E-state index is 11.9. The van der Waals surface area contributed by atoms with E-state index in [4.69, 9.17) is 0 Å². The Hall–Kier alpha value is -2.22. The second kappa shape index (κ2) is 7.77. The molecule has 0 unspecified atom stereocenters. The molecule has 2 nitrogen and oxygen atoms in total. The van der Waals surface area contributed by atoms with E-state index in [9.17, 15) is 9.59 Å². The molecule has 130 valence electrons. The molecule has 1 fully saturated rings. The minimum atomic E-state index is -0.110. The first-order valence-electron chi connectivity index (χ1n) is 9.26. The Labute approximate surface area is 150 Å². The highest BCUT2D eigenvalue weighted by Crippen LogP contribution is 2.36. The molecule has 0 amide bonds. The van der Waals surface area contributed by atoms with Crippen molar-refractivity contribution in [2.24, 2.45) is 5.92 Å². The Bertz CT molecular complexity index is 733. The topological polar surface area (TPSA) is 34.1 Å². The largest absolute Gasteiger partial charge is 0.300 e. The second-order valence-electron chi connectivity index (χ2n) is 7.46. The van der Waals surface area contributed by atoms with Gasteiger partial charge in [-0.05, 0) is 48.3 Å². The molecule has 1 aliphatic carbocycles. The van der Waals surface area contributed by atoms with Crippen LogP contribution in [0.5, 0.6) is 0 Å². The van der Waals surface area contributed by atoms with Gasteiger partial charge in [-0.15, -0.1) is 0 Å². The van der Waals surface area contributed by atoms with E-state index in [-0.39, 0.29) is 18.0 Å². The number of rotatable bonds is 5. The molecule has 1 aliphatic rings. The highest BCUT2D eigenvalue weighted by atomic mass is 16.1. The number of hydrogen-bond acceptors (Lipinski definition) is 2. The summed E-state index contributed by atoms with van der Waals surface area (Å²) < 4.78 is 0. The van der Waals surface area contributed by atoms with Gasteiger partial charge >= 0.3 is 0 Å². The zero-order valence-corrected chi connectivity index (χ0v) is 15.1. The van der Waals surface area contributed by atoms with Crippen LogP contribution in [0.4, 0.5) is 0 Å². The van der Waals surface area contributed by atoms with Gasteiger partial charge in [-0.3, -0.25) is 9.59 Å². The molecule has 25 heavy (non-hydrogen) atoms. The minimum Gasteiger partial charge on any atom is -0.300 e. The highest BCUT2D eigenvalue weighted by Gasteiger charge is 2.19. The van der Waals surface area contributed by atoms with Gasteiger partial charge in [-0.1, -0.05) is 68.3 Å². The van der Waals surface area contributed by atoms with Crippen LogP contribution in [0.15, 0.2) is 48.5 Å². The van der Waals surface area contributed by atoms with Gasteiger partial charge in [0.2, 0.25) is 0 Å². The molecule has 0 N–H and O–H groups in total. The second-order valence-corrected chi connectivity index (χ2v) is 7.46. The van der Waals surface area contributed by atoms with E-state index in [1.807, 2.05) is 24.3 Å². The first kappa shape index (κ1) is 17.6. The Morgan fingerprint density at radius 2 is 1.36 bits per heavy atom. The molecule has 0 bridgehead atoms. The lowest BCUT2D eigenvalue weighted by Crippen LogP contribution is -2.10. The Kier molecular flexibility index (Phi) is 5.47. The number of Topliss-reactive ketones (excluding diaryl/α,β-unsaturated/α-hetero) is 2. The van der Waals surface area contributed by atoms with Crippen molar-refractivity contribution >= 4 is 11.6 Å². The smallest absolute Gasteiger partial charge is 0.170 e. The first-order chi connectivity index (χ1) is 12.0. The van der Waals surface area contributed by atoms with Gasteiger partial charge in [-0.2, -0.15) is 0 Å². The molecule has 2 aromatic rings. The molecular weight excluding hydrogens is 308 g/mol. The van der Waals surface area contributed by atoms with Crippen LogP contribution in [0.3, 0.4) is 0 Å². The third-order valence-corrected chi connectivity index (χ3v) is 5.35.